The van der Waals surface area contributed by atoms with Gasteiger partial charge >= 0.3 is 0 Å². The number of Topliss-reactive ketones (excluding diaryl/α,β-unsaturated/α-hetero) is 2. The van der Waals surface area contributed by atoms with Gasteiger partial charge in [-0.15, -0.1) is 11.8 Å². The Morgan fingerprint density at radius 1 is 1.00 bits per heavy atom. The molecule has 1 fully saturated rings. The van der Waals surface area contributed by atoms with Crippen LogP contribution in [-0.4, -0.2) is 28.5 Å². The molecule has 0 bridgehead atoms. The summed E-state index contributed by atoms with van der Waals surface area (Å²) in [5.74, 6) is -0.112. The average Bonchev–Trinajstić information content (AvgIpc) is 3.02. The first-order chi connectivity index (χ1) is 11.1. The lowest BCUT2D eigenvalue weighted by Crippen LogP contribution is -2.45. The van der Waals surface area contributed by atoms with Crippen molar-refractivity contribution in [3.05, 3.63) is 69.7 Å². The van der Waals surface area contributed by atoms with Crippen molar-refractivity contribution in [1.82, 2.24) is 0 Å². The van der Waals surface area contributed by atoms with Gasteiger partial charge in [-0.25, -0.2) is 0 Å². The highest BCUT2D eigenvalue weighted by molar-refractivity contribution is 9.10. The van der Waals surface area contributed by atoms with Gasteiger partial charge in [0, 0.05) is 21.4 Å². The van der Waals surface area contributed by atoms with Crippen molar-refractivity contribution < 1.29 is 14.7 Å². The summed E-state index contributed by atoms with van der Waals surface area (Å²) in [6.45, 7) is 0. The largest absolute Gasteiger partial charge is 0.391 e. The molecule has 0 aromatic heterocycles. The summed E-state index contributed by atoms with van der Waals surface area (Å²) in [6, 6.07) is 14.5. The second-order valence-corrected chi connectivity index (χ2v) is 7.91. The number of carbonyl (C=O) groups excluding carboxylic acids is 2. The molecule has 0 amide bonds. The highest BCUT2D eigenvalue weighted by Crippen LogP contribution is 2.59. The maximum absolute atomic E-state index is 13.1. The summed E-state index contributed by atoms with van der Waals surface area (Å²) in [5, 5.41) is 10.2. The Balaban J connectivity index is 1.90. The molecule has 2 aromatic rings. The fourth-order valence-electron chi connectivity index (χ4n) is 3.59. The predicted octanol–water partition coefficient (Wildman–Crippen LogP) is 3.66. The van der Waals surface area contributed by atoms with E-state index in [4.69, 9.17) is 0 Å². The lowest BCUT2D eigenvalue weighted by molar-refractivity contribution is 0.0388. The third-order valence-corrected chi connectivity index (χ3v) is 6.71. The number of thioether (sulfide) groups is 1. The second-order valence-electron chi connectivity index (χ2n) is 5.85. The molecule has 1 spiro atoms. The number of hydrogen-bond donors (Lipinski definition) is 1. The van der Waals surface area contributed by atoms with E-state index in [0.717, 1.165) is 10.0 Å². The number of hydrogen-bond acceptors (Lipinski definition) is 4. The minimum Gasteiger partial charge on any atom is -0.391 e. The summed E-state index contributed by atoms with van der Waals surface area (Å²) < 4.78 is 0.936. The number of aliphatic hydroxyl groups is 1. The quantitative estimate of drug-likeness (QED) is 0.757. The van der Waals surface area contributed by atoms with Crippen LogP contribution in [0.15, 0.2) is 53.0 Å². The van der Waals surface area contributed by atoms with Gasteiger partial charge in [0.15, 0.2) is 11.6 Å². The van der Waals surface area contributed by atoms with Gasteiger partial charge in [0.2, 0.25) is 0 Å². The molecule has 3 nitrogen and oxygen atoms in total. The standard InChI is InChI=1S/C18H13BrO3S/c19-11-7-5-10(6-8-11)17-18(14(20)9-23-17)15(21)12-3-1-2-4-13(12)16(18)22/h1-8,14,17,20H,9H2/t14-,17-/m0/s1. The number of fused-ring (bicyclic) bond motifs is 1. The molecule has 2 aliphatic rings. The predicted molar refractivity (Wildman–Crippen MR) is 92.9 cm³/mol. The van der Waals surface area contributed by atoms with Crippen molar-refractivity contribution in [3.63, 3.8) is 0 Å². The maximum atomic E-state index is 13.1. The number of aliphatic hydroxyl groups excluding tert-OH is 1. The van der Waals surface area contributed by atoms with Gasteiger partial charge in [0.05, 0.1) is 11.4 Å². The van der Waals surface area contributed by atoms with Crippen LogP contribution >= 0.6 is 27.7 Å². The molecular formula is C18H13BrO3S. The number of benzene rings is 2. The van der Waals surface area contributed by atoms with Crippen LogP contribution in [0.4, 0.5) is 0 Å². The molecule has 1 saturated heterocycles. The number of rotatable bonds is 1. The van der Waals surface area contributed by atoms with E-state index in [1.165, 1.54) is 11.8 Å². The van der Waals surface area contributed by atoms with Gasteiger partial charge in [0.25, 0.3) is 0 Å². The van der Waals surface area contributed by atoms with Gasteiger partial charge < -0.3 is 5.11 Å². The van der Waals surface area contributed by atoms with Crippen LogP contribution in [0, 0.1) is 5.41 Å². The van der Waals surface area contributed by atoms with Gasteiger partial charge in [-0.1, -0.05) is 52.3 Å². The van der Waals surface area contributed by atoms with E-state index in [1.54, 1.807) is 24.3 Å². The fraction of sp³-hybridized carbons (Fsp3) is 0.222. The van der Waals surface area contributed by atoms with Gasteiger partial charge in [-0.2, -0.15) is 0 Å². The Kier molecular flexibility index (Phi) is 3.48. The minimum atomic E-state index is -1.39. The van der Waals surface area contributed by atoms with Crippen molar-refractivity contribution in [3.8, 4) is 0 Å². The molecule has 1 aliphatic carbocycles. The molecule has 1 aliphatic heterocycles. The Labute approximate surface area is 146 Å². The summed E-state index contributed by atoms with van der Waals surface area (Å²) in [6.07, 6.45) is -0.964. The molecule has 23 heavy (non-hydrogen) atoms. The zero-order chi connectivity index (χ0) is 16.2. The van der Waals surface area contributed by atoms with Crippen molar-refractivity contribution >= 4 is 39.3 Å². The Hall–Kier alpha value is -1.43. The van der Waals surface area contributed by atoms with Crippen LogP contribution in [-0.2, 0) is 0 Å². The molecule has 2 aromatic carbocycles. The maximum Gasteiger partial charge on any atom is 0.181 e. The van der Waals surface area contributed by atoms with Gasteiger partial charge in [0.1, 0.15) is 5.41 Å². The average molecular weight is 389 g/mol. The molecule has 116 valence electrons. The summed E-state index contributed by atoms with van der Waals surface area (Å²) in [4.78, 5) is 26.2. The third-order valence-electron chi connectivity index (χ3n) is 4.70. The Bertz CT molecular complexity index is 780. The van der Waals surface area contributed by atoms with Crippen molar-refractivity contribution in [2.75, 3.05) is 5.75 Å². The Morgan fingerprint density at radius 2 is 1.57 bits per heavy atom. The highest BCUT2D eigenvalue weighted by atomic mass is 79.9. The second kappa shape index (κ2) is 5.30. The van der Waals surface area contributed by atoms with Crippen LogP contribution < -0.4 is 0 Å². The molecular weight excluding hydrogens is 376 g/mol. The monoisotopic (exact) mass is 388 g/mol. The van der Waals surface area contributed by atoms with Crippen LogP contribution in [0.1, 0.15) is 31.5 Å². The normalized spacial score (nSPS) is 25.1. The lowest BCUT2D eigenvalue weighted by atomic mass is 9.73. The first-order valence-electron chi connectivity index (χ1n) is 7.30. The van der Waals surface area contributed by atoms with E-state index >= 15 is 0 Å². The molecule has 0 radical (unpaired) electrons. The highest BCUT2D eigenvalue weighted by Gasteiger charge is 2.65. The van der Waals surface area contributed by atoms with Crippen LogP contribution in [0.3, 0.4) is 0 Å². The van der Waals surface area contributed by atoms with E-state index in [1.807, 2.05) is 24.3 Å². The molecule has 1 N–H and O–H groups in total. The number of carbonyl (C=O) groups is 2. The summed E-state index contributed by atoms with van der Waals surface area (Å²) in [5.41, 5.74) is 0.369. The molecule has 2 atom stereocenters. The van der Waals surface area contributed by atoms with Crippen molar-refractivity contribution in [2.24, 2.45) is 5.41 Å². The zero-order valence-corrected chi connectivity index (χ0v) is 14.4. The summed E-state index contributed by atoms with van der Waals surface area (Å²) in [7, 11) is 0. The van der Waals surface area contributed by atoms with E-state index in [2.05, 4.69) is 15.9 Å². The van der Waals surface area contributed by atoms with E-state index in [9.17, 15) is 14.7 Å². The van der Waals surface area contributed by atoms with Crippen molar-refractivity contribution in [1.29, 1.82) is 0 Å². The minimum absolute atomic E-state index is 0.247. The topological polar surface area (TPSA) is 54.4 Å². The Morgan fingerprint density at radius 3 is 2.13 bits per heavy atom. The van der Waals surface area contributed by atoms with Gasteiger partial charge in [-0.3, -0.25) is 9.59 Å². The number of halogens is 1. The fourth-order valence-corrected chi connectivity index (χ4v) is 5.48. The van der Waals surface area contributed by atoms with E-state index in [-0.39, 0.29) is 16.8 Å². The molecule has 0 unspecified atom stereocenters. The van der Waals surface area contributed by atoms with Crippen LogP contribution in [0.5, 0.6) is 0 Å². The SMILES string of the molecule is O=C1c2ccccc2C(=O)C12[C@@H](O)CS[C@H]2c1ccc(Br)cc1. The zero-order valence-electron chi connectivity index (χ0n) is 12.0. The first-order valence-corrected chi connectivity index (χ1v) is 9.14. The first kappa shape index (κ1) is 15.1. The summed E-state index contributed by atoms with van der Waals surface area (Å²) >= 11 is 4.87. The molecule has 1 heterocycles. The molecule has 4 rings (SSSR count). The number of ketones is 2. The lowest BCUT2D eigenvalue weighted by Gasteiger charge is -2.30. The molecule has 5 heteroatoms. The van der Waals surface area contributed by atoms with Crippen molar-refractivity contribution in [2.45, 2.75) is 11.4 Å². The van der Waals surface area contributed by atoms with E-state index in [0.29, 0.717) is 16.9 Å². The third kappa shape index (κ3) is 1.93. The molecule has 0 saturated carbocycles. The smallest absolute Gasteiger partial charge is 0.181 e. The van der Waals surface area contributed by atoms with Crippen LogP contribution in [0.25, 0.3) is 0 Å². The van der Waals surface area contributed by atoms with Crippen LogP contribution in [0.2, 0.25) is 0 Å². The van der Waals surface area contributed by atoms with Gasteiger partial charge in [-0.05, 0) is 17.7 Å². The van der Waals surface area contributed by atoms with E-state index < -0.39 is 11.5 Å².